The van der Waals surface area contributed by atoms with E-state index in [2.05, 4.69) is 15.7 Å². The number of nitrogens with zero attached hydrogens (tertiary/aromatic N) is 2. The summed E-state index contributed by atoms with van der Waals surface area (Å²) in [7, 11) is 1.58. The SMILES string of the molecule is CNC(=O)c1c(-c2cc(C(=O)NC3(c4ccc(F)cc4)CC3)ccc2C)nn2ccccc12. The highest BCUT2D eigenvalue weighted by molar-refractivity contribution is 6.07. The first-order valence-electron chi connectivity index (χ1n) is 10.8. The molecule has 4 aromatic rings. The number of hydrogen-bond acceptors (Lipinski definition) is 3. The molecule has 0 aliphatic heterocycles. The average molecular weight is 442 g/mol. The van der Waals surface area contributed by atoms with Crippen LogP contribution in [0.25, 0.3) is 16.8 Å². The molecule has 2 N–H and O–H groups in total. The summed E-state index contributed by atoms with van der Waals surface area (Å²) in [5.74, 6) is -0.763. The fourth-order valence-electron chi connectivity index (χ4n) is 4.22. The van der Waals surface area contributed by atoms with Gasteiger partial charge in [-0.05, 0) is 67.3 Å². The van der Waals surface area contributed by atoms with Crippen LogP contribution in [-0.4, -0.2) is 28.5 Å². The lowest BCUT2D eigenvalue weighted by molar-refractivity contribution is 0.0929. The Kier molecular flexibility index (Phi) is 4.96. The van der Waals surface area contributed by atoms with E-state index in [9.17, 15) is 14.0 Å². The van der Waals surface area contributed by atoms with Gasteiger partial charge in [0.25, 0.3) is 11.8 Å². The summed E-state index contributed by atoms with van der Waals surface area (Å²) < 4.78 is 15.0. The lowest BCUT2D eigenvalue weighted by Crippen LogP contribution is -2.34. The molecule has 0 unspecified atom stereocenters. The van der Waals surface area contributed by atoms with Crippen molar-refractivity contribution in [3.05, 3.63) is 94.9 Å². The number of benzene rings is 2. The molecule has 2 amide bonds. The molecule has 1 saturated carbocycles. The summed E-state index contributed by atoms with van der Waals surface area (Å²) in [4.78, 5) is 25.9. The Labute approximate surface area is 190 Å². The summed E-state index contributed by atoms with van der Waals surface area (Å²) in [5, 5.41) is 10.5. The molecule has 0 saturated heterocycles. The van der Waals surface area contributed by atoms with Crippen molar-refractivity contribution in [1.82, 2.24) is 20.2 Å². The smallest absolute Gasteiger partial charge is 0.255 e. The van der Waals surface area contributed by atoms with Gasteiger partial charge < -0.3 is 10.6 Å². The van der Waals surface area contributed by atoms with E-state index in [1.165, 1.54) is 12.1 Å². The molecule has 1 fully saturated rings. The van der Waals surface area contributed by atoms with E-state index in [0.29, 0.717) is 22.3 Å². The summed E-state index contributed by atoms with van der Waals surface area (Å²) in [6.45, 7) is 1.93. The van der Waals surface area contributed by atoms with Crippen molar-refractivity contribution in [2.24, 2.45) is 0 Å². The number of halogens is 1. The zero-order valence-electron chi connectivity index (χ0n) is 18.4. The van der Waals surface area contributed by atoms with Crippen LogP contribution in [0, 0.1) is 12.7 Å². The van der Waals surface area contributed by atoms with Crippen molar-refractivity contribution in [2.45, 2.75) is 25.3 Å². The third-order valence-corrected chi connectivity index (χ3v) is 6.25. The maximum absolute atomic E-state index is 13.3. The molecule has 2 aromatic heterocycles. The van der Waals surface area contributed by atoms with Crippen molar-refractivity contribution in [3.63, 3.8) is 0 Å². The van der Waals surface area contributed by atoms with Gasteiger partial charge >= 0.3 is 0 Å². The molecule has 1 aliphatic rings. The van der Waals surface area contributed by atoms with Gasteiger partial charge in [0.2, 0.25) is 0 Å². The molecular formula is C26H23FN4O2. The number of rotatable bonds is 5. The minimum Gasteiger partial charge on any atom is -0.355 e. The van der Waals surface area contributed by atoms with Gasteiger partial charge in [-0.15, -0.1) is 0 Å². The van der Waals surface area contributed by atoms with E-state index in [0.717, 1.165) is 29.5 Å². The topological polar surface area (TPSA) is 75.5 Å². The highest BCUT2D eigenvalue weighted by Crippen LogP contribution is 2.45. The van der Waals surface area contributed by atoms with Crippen LogP contribution in [0.1, 0.15) is 44.7 Å². The van der Waals surface area contributed by atoms with Crippen LogP contribution < -0.4 is 10.6 Å². The molecular weight excluding hydrogens is 419 g/mol. The average Bonchev–Trinajstić information content (AvgIpc) is 3.50. The van der Waals surface area contributed by atoms with Crippen LogP contribution in [0.4, 0.5) is 4.39 Å². The minimum absolute atomic E-state index is 0.219. The van der Waals surface area contributed by atoms with E-state index in [4.69, 9.17) is 0 Å². The molecule has 2 aromatic carbocycles. The minimum atomic E-state index is -0.466. The molecule has 0 spiro atoms. The molecule has 0 atom stereocenters. The first-order valence-corrected chi connectivity index (χ1v) is 10.8. The first kappa shape index (κ1) is 20.9. The van der Waals surface area contributed by atoms with E-state index in [1.807, 2.05) is 31.2 Å². The van der Waals surface area contributed by atoms with Gasteiger partial charge in [0, 0.05) is 24.4 Å². The van der Waals surface area contributed by atoms with Gasteiger partial charge in [-0.3, -0.25) is 9.59 Å². The Morgan fingerprint density at radius 3 is 2.48 bits per heavy atom. The number of amides is 2. The third kappa shape index (κ3) is 3.65. The van der Waals surface area contributed by atoms with Crippen LogP contribution in [0.15, 0.2) is 66.9 Å². The van der Waals surface area contributed by atoms with Crippen molar-refractivity contribution in [1.29, 1.82) is 0 Å². The van der Waals surface area contributed by atoms with Crippen LogP contribution in [-0.2, 0) is 5.54 Å². The van der Waals surface area contributed by atoms with E-state index in [1.54, 1.807) is 42.0 Å². The number of aromatic nitrogens is 2. The highest BCUT2D eigenvalue weighted by atomic mass is 19.1. The standard InChI is InChI=1S/C26H23FN4O2/c1-16-6-7-17(24(32)29-26(12-13-26)18-8-10-19(27)11-9-18)15-20(16)23-22(25(33)28-2)21-5-3-4-14-31(21)30-23/h3-11,14-15H,12-13H2,1-2H3,(H,28,33)(H,29,32). The molecule has 0 radical (unpaired) electrons. The zero-order valence-corrected chi connectivity index (χ0v) is 18.4. The Hall–Kier alpha value is -4.00. The largest absolute Gasteiger partial charge is 0.355 e. The maximum atomic E-state index is 13.3. The van der Waals surface area contributed by atoms with Crippen molar-refractivity contribution in [3.8, 4) is 11.3 Å². The molecule has 1 aliphatic carbocycles. The van der Waals surface area contributed by atoms with Gasteiger partial charge in [-0.1, -0.05) is 24.3 Å². The molecule has 5 rings (SSSR count). The van der Waals surface area contributed by atoms with E-state index < -0.39 is 5.54 Å². The summed E-state index contributed by atoms with van der Waals surface area (Å²) in [5.41, 5.74) is 4.20. The van der Waals surface area contributed by atoms with Crippen LogP contribution in [0.3, 0.4) is 0 Å². The molecule has 33 heavy (non-hydrogen) atoms. The van der Waals surface area contributed by atoms with Crippen molar-refractivity contribution in [2.75, 3.05) is 7.05 Å². The number of hydrogen-bond donors (Lipinski definition) is 2. The Morgan fingerprint density at radius 1 is 1.03 bits per heavy atom. The quantitative estimate of drug-likeness (QED) is 0.486. The summed E-state index contributed by atoms with van der Waals surface area (Å²) >= 11 is 0. The molecule has 2 heterocycles. The Balaban J connectivity index is 1.53. The molecule has 7 heteroatoms. The number of nitrogens with one attached hydrogen (secondary N) is 2. The van der Waals surface area contributed by atoms with Crippen LogP contribution >= 0.6 is 0 Å². The van der Waals surface area contributed by atoms with Gasteiger partial charge in [-0.25, -0.2) is 8.91 Å². The zero-order chi connectivity index (χ0) is 23.2. The molecule has 0 bridgehead atoms. The summed E-state index contributed by atoms with van der Waals surface area (Å²) in [6, 6.07) is 17.2. The van der Waals surface area contributed by atoms with Crippen LogP contribution in [0.2, 0.25) is 0 Å². The van der Waals surface area contributed by atoms with Gasteiger partial charge in [0.05, 0.1) is 16.6 Å². The molecule has 6 nitrogen and oxygen atoms in total. The fraction of sp³-hybridized carbons (Fsp3) is 0.192. The second-order valence-electron chi connectivity index (χ2n) is 8.41. The predicted octanol–water partition coefficient (Wildman–Crippen LogP) is 4.23. The van der Waals surface area contributed by atoms with E-state index >= 15 is 0 Å². The lowest BCUT2D eigenvalue weighted by Gasteiger charge is -2.18. The Bertz CT molecular complexity index is 1390. The number of aryl methyl sites for hydroxylation is 1. The maximum Gasteiger partial charge on any atom is 0.255 e. The number of fused-ring (bicyclic) bond motifs is 1. The van der Waals surface area contributed by atoms with Crippen molar-refractivity contribution < 1.29 is 14.0 Å². The number of pyridine rings is 1. The highest BCUT2D eigenvalue weighted by Gasteiger charge is 2.45. The second-order valence-corrected chi connectivity index (χ2v) is 8.41. The number of carbonyl (C=O) groups is 2. The Morgan fingerprint density at radius 2 is 1.79 bits per heavy atom. The second kappa shape index (κ2) is 7.85. The number of carbonyl (C=O) groups excluding carboxylic acids is 2. The van der Waals surface area contributed by atoms with Gasteiger partial charge in [0.1, 0.15) is 11.5 Å². The van der Waals surface area contributed by atoms with Gasteiger partial charge in [-0.2, -0.15) is 5.10 Å². The normalized spacial score (nSPS) is 14.2. The molecule has 166 valence electrons. The van der Waals surface area contributed by atoms with Crippen LogP contribution in [0.5, 0.6) is 0 Å². The lowest BCUT2D eigenvalue weighted by atomic mass is 9.98. The third-order valence-electron chi connectivity index (χ3n) is 6.25. The monoisotopic (exact) mass is 442 g/mol. The first-order chi connectivity index (χ1) is 15.9. The fourth-order valence-corrected chi connectivity index (χ4v) is 4.22. The predicted molar refractivity (Wildman–Crippen MR) is 124 cm³/mol. The summed E-state index contributed by atoms with van der Waals surface area (Å²) in [6.07, 6.45) is 3.39. The van der Waals surface area contributed by atoms with Crippen molar-refractivity contribution >= 4 is 17.3 Å². The van der Waals surface area contributed by atoms with E-state index in [-0.39, 0.29) is 17.6 Å². The van der Waals surface area contributed by atoms with Gasteiger partial charge in [0.15, 0.2) is 0 Å².